The van der Waals surface area contributed by atoms with Crippen LogP contribution < -0.4 is 5.32 Å². The van der Waals surface area contributed by atoms with Gasteiger partial charge in [0, 0.05) is 22.4 Å². The molecule has 3 aromatic rings. The highest BCUT2D eigenvalue weighted by atomic mass is 32.1. The number of carbonyl (C=O) groups excluding carboxylic acids is 2. The average molecular weight is 583 g/mol. The number of thiophene rings is 1. The second kappa shape index (κ2) is 13.3. The summed E-state index contributed by atoms with van der Waals surface area (Å²) in [7, 11) is -2.17. The van der Waals surface area contributed by atoms with E-state index in [-0.39, 0.29) is 35.5 Å². The number of benzene rings is 2. The molecule has 3 rings (SSSR count). The number of nitro benzene ring substituents is 1. The van der Waals surface area contributed by atoms with Crippen LogP contribution in [0, 0.1) is 16.0 Å². The van der Waals surface area contributed by atoms with E-state index >= 15 is 0 Å². The average Bonchev–Trinajstić information content (AvgIpc) is 3.32. The van der Waals surface area contributed by atoms with Gasteiger partial charge in [0.15, 0.2) is 8.32 Å². The molecule has 10 heteroatoms. The lowest BCUT2D eigenvalue weighted by molar-refractivity contribution is -0.384. The highest BCUT2D eigenvalue weighted by Gasteiger charge is 2.38. The zero-order chi connectivity index (χ0) is 29.5. The van der Waals surface area contributed by atoms with Gasteiger partial charge >= 0.3 is 5.97 Å². The van der Waals surface area contributed by atoms with Crippen molar-refractivity contribution in [1.82, 2.24) is 5.32 Å². The Balaban J connectivity index is 1.88. The van der Waals surface area contributed by atoms with E-state index in [0.717, 1.165) is 15.6 Å². The van der Waals surface area contributed by atoms with E-state index in [9.17, 15) is 19.7 Å². The first-order valence-corrected chi connectivity index (χ1v) is 17.0. The van der Waals surface area contributed by atoms with Gasteiger partial charge in [0.2, 0.25) is 0 Å². The molecule has 1 heterocycles. The molecule has 0 spiro atoms. The molecule has 1 N–H and O–H groups in total. The molecule has 214 valence electrons. The SMILES string of the molecule is C=CCOC(=O)C(Cc1csc2ccccc12)CC(CO[Si](C)(C)C(C)(C)C)NC(=O)c1ccc([N+](=O)[O-])cc1. The second-order valence-corrected chi connectivity index (χ2v) is 17.1. The third-order valence-electron chi connectivity index (χ3n) is 7.40. The molecule has 2 aromatic carbocycles. The molecule has 0 aliphatic rings. The Kier molecular flexibility index (Phi) is 10.4. The van der Waals surface area contributed by atoms with Crippen molar-refractivity contribution < 1.29 is 23.7 Å². The highest BCUT2D eigenvalue weighted by molar-refractivity contribution is 7.17. The second-order valence-electron chi connectivity index (χ2n) is 11.4. The number of non-ortho nitro benzene ring substituents is 1. The van der Waals surface area contributed by atoms with Crippen LogP contribution >= 0.6 is 11.3 Å². The predicted octanol–water partition coefficient (Wildman–Crippen LogP) is 6.91. The van der Waals surface area contributed by atoms with E-state index in [1.54, 1.807) is 11.3 Å². The zero-order valence-electron chi connectivity index (χ0n) is 23.8. The van der Waals surface area contributed by atoms with Crippen LogP contribution in [0.1, 0.15) is 43.1 Å². The van der Waals surface area contributed by atoms with Crippen molar-refractivity contribution in [3.05, 3.63) is 87.8 Å². The minimum absolute atomic E-state index is 0.0438. The lowest BCUT2D eigenvalue weighted by atomic mass is 9.92. The maximum absolute atomic E-state index is 13.2. The number of nitrogens with zero attached hydrogens (tertiary/aromatic N) is 1. The van der Waals surface area contributed by atoms with Crippen molar-refractivity contribution in [3.8, 4) is 0 Å². The Bertz CT molecular complexity index is 1350. The quantitative estimate of drug-likeness (QED) is 0.0772. The Morgan fingerprint density at radius 3 is 2.45 bits per heavy atom. The molecule has 0 aliphatic carbocycles. The summed E-state index contributed by atoms with van der Waals surface area (Å²) in [5.41, 5.74) is 1.24. The highest BCUT2D eigenvalue weighted by Crippen LogP contribution is 2.37. The maximum atomic E-state index is 13.2. The van der Waals surface area contributed by atoms with Crippen LogP contribution in [0.2, 0.25) is 18.1 Å². The molecule has 1 aromatic heterocycles. The van der Waals surface area contributed by atoms with Gasteiger partial charge in [0.25, 0.3) is 11.6 Å². The van der Waals surface area contributed by atoms with Gasteiger partial charge in [-0.05, 0) is 65.5 Å². The van der Waals surface area contributed by atoms with Crippen LogP contribution in [0.15, 0.2) is 66.6 Å². The minimum atomic E-state index is -2.17. The third kappa shape index (κ3) is 8.09. The topological polar surface area (TPSA) is 108 Å². The fourth-order valence-corrected chi connectivity index (χ4v) is 6.05. The van der Waals surface area contributed by atoms with Crippen molar-refractivity contribution >= 4 is 47.3 Å². The lowest BCUT2D eigenvalue weighted by Gasteiger charge is -2.37. The number of amides is 1. The normalized spacial score (nSPS) is 13.4. The molecule has 2 unspecified atom stereocenters. The smallest absolute Gasteiger partial charge is 0.309 e. The largest absolute Gasteiger partial charge is 0.461 e. The van der Waals surface area contributed by atoms with Crippen LogP contribution in [0.4, 0.5) is 5.69 Å². The Morgan fingerprint density at radius 1 is 1.15 bits per heavy atom. The molecular weight excluding hydrogens is 544 g/mol. The van der Waals surface area contributed by atoms with Crippen molar-refractivity contribution in [3.63, 3.8) is 0 Å². The molecule has 0 saturated heterocycles. The molecular formula is C30H38N2O6SSi. The first-order chi connectivity index (χ1) is 18.8. The van der Waals surface area contributed by atoms with E-state index in [1.165, 1.54) is 30.3 Å². The van der Waals surface area contributed by atoms with Crippen molar-refractivity contribution in [2.75, 3.05) is 13.2 Å². The summed E-state index contributed by atoms with van der Waals surface area (Å²) in [6.07, 6.45) is 2.28. The maximum Gasteiger partial charge on any atom is 0.309 e. The summed E-state index contributed by atoms with van der Waals surface area (Å²) in [5.74, 6) is -1.29. The molecule has 0 radical (unpaired) electrons. The molecule has 0 fully saturated rings. The summed E-state index contributed by atoms with van der Waals surface area (Å²) >= 11 is 1.63. The van der Waals surface area contributed by atoms with Gasteiger partial charge in [0.05, 0.1) is 23.5 Å². The Hall–Kier alpha value is -3.34. The third-order valence-corrected chi connectivity index (χ3v) is 12.9. The number of carbonyl (C=O) groups is 2. The van der Waals surface area contributed by atoms with Gasteiger partial charge < -0.3 is 14.5 Å². The summed E-state index contributed by atoms with van der Waals surface area (Å²) in [5, 5.41) is 17.2. The van der Waals surface area contributed by atoms with E-state index in [4.69, 9.17) is 9.16 Å². The zero-order valence-corrected chi connectivity index (χ0v) is 25.6. The molecule has 40 heavy (non-hydrogen) atoms. The fraction of sp³-hybridized carbons (Fsp3) is 0.400. The van der Waals surface area contributed by atoms with Crippen LogP contribution in [0.3, 0.4) is 0 Å². The number of hydrogen-bond donors (Lipinski definition) is 1. The van der Waals surface area contributed by atoms with Crippen LogP contribution in [-0.2, 0) is 20.4 Å². The molecule has 1 amide bonds. The molecule has 0 aliphatic heterocycles. The van der Waals surface area contributed by atoms with Crippen LogP contribution in [-0.4, -0.2) is 44.4 Å². The molecule has 2 atom stereocenters. The van der Waals surface area contributed by atoms with Crippen LogP contribution in [0.25, 0.3) is 10.1 Å². The summed E-state index contributed by atoms with van der Waals surface area (Å²) in [4.78, 5) is 37.0. The number of nitro groups is 1. The van der Waals surface area contributed by atoms with Crippen molar-refractivity contribution in [2.45, 2.75) is 57.8 Å². The predicted molar refractivity (Wildman–Crippen MR) is 162 cm³/mol. The number of rotatable bonds is 13. The van der Waals surface area contributed by atoms with E-state index < -0.39 is 31.1 Å². The summed E-state index contributed by atoms with van der Waals surface area (Å²) < 4.78 is 13.1. The Labute approximate surface area is 240 Å². The monoisotopic (exact) mass is 582 g/mol. The van der Waals surface area contributed by atoms with Gasteiger partial charge in [0.1, 0.15) is 6.61 Å². The van der Waals surface area contributed by atoms with Gasteiger partial charge in [-0.15, -0.1) is 11.3 Å². The van der Waals surface area contributed by atoms with Gasteiger partial charge in [-0.2, -0.15) is 0 Å². The first kappa shape index (κ1) is 31.2. The molecule has 8 nitrogen and oxygen atoms in total. The number of ether oxygens (including phenoxy) is 1. The molecule has 0 saturated carbocycles. The van der Waals surface area contributed by atoms with E-state index in [2.05, 4.69) is 57.2 Å². The van der Waals surface area contributed by atoms with Gasteiger partial charge in [-0.3, -0.25) is 19.7 Å². The standard InChI is InChI=1S/C30H38N2O6SSi/c1-7-16-37-29(34)22(17-23-20-39-27-11-9-8-10-26(23)27)18-24(19-38-40(5,6)30(2,3)4)31-28(33)21-12-14-25(15-13-21)32(35)36/h7-15,20,22,24H,1,16-19H2,2-6H3,(H,31,33). The van der Waals surface area contributed by atoms with E-state index in [0.29, 0.717) is 12.8 Å². The first-order valence-electron chi connectivity index (χ1n) is 13.2. The van der Waals surface area contributed by atoms with E-state index in [1.807, 2.05) is 18.2 Å². The molecule has 0 bridgehead atoms. The van der Waals surface area contributed by atoms with Crippen molar-refractivity contribution in [1.29, 1.82) is 0 Å². The minimum Gasteiger partial charge on any atom is -0.461 e. The van der Waals surface area contributed by atoms with Gasteiger partial charge in [-0.1, -0.05) is 51.6 Å². The Morgan fingerprint density at radius 2 is 1.82 bits per heavy atom. The van der Waals surface area contributed by atoms with Crippen LogP contribution in [0.5, 0.6) is 0 Å². The number of nitrogens with one attached hydrogen (secondary N) is 1. The van der Waals surface area contributed by atoms with Crippen molar-refractivity contribution in [2.24, 2.45) is 5.92 Å². The number of hydrogen-bond acceptors (Lipinski definition) is 7. The number of fused-ring (bicyclic) bond motifs is 1. The lowest BCUT2D eigenvalue weighted by Crippen LogP contribution is -2.47. The van der Waals surface area contributed by atoms with Gasteiger partial charge in [-0.25, -0.2) is 0 Å². The summed E-state index contributed by atoms with van der Waals surface area (Å²) in [6, 6.07) is 13.0. The number of esters is 1. The summed E-state index contributed by atoms with van der Waals surface area (Å²) in [6.45, 7) is 14.7. The fourth-order valence-electron chi connectivity index (χ4n) is 4.02.